The maximum absolute atomic E-state index is 13.6. The van der Waals surface area contributed by atoms with Crippen molar-refractivity contribution in [2.75, 3.05) is 4.72 Å². The minimum absolute atomic E-state index is 0.217. The van der Waals surface area contributed by atoms with E-state index >= 15 is 0 Å². The van der Waals surface area contributed by atoms with Crippen LogP contribution in [0, 0.1) is 12.7 Å². The van der Waals surface area contributed by atoms with Crippen molar-refractivity contribution < 1.29 is 12.8 Å². The summed E-state index contributed by atoms with van der Waals surface area (Å²) in [4.78, 5) is 4.33. The highest BCUT2D eigenvalue weighted by Crippen LogP contribution is 2.24. The number of anilines is 1. The van der Waals surface area contributed by atoms with Crippen LogP contribution in [0.25, 0.3) is 0 Å². The molecule has 0 atom stereocenters. The Bertz CT molecular complexity index is 685. The molecule has 1 heterocycles. The van der Waals surface area contributed by atoms with Crippen LogP contribution < -0.4 is 4.72 Å². The lowest BCUT2D eigenvalue weighted by Crippen LogP contribution is -2.14. The molecular weight excluding hydrogens is 343 g/mol. The fourth-order valence-electron chi connectivity index (χ4n) is 1.26. The van der Waals surface area contributed by atoms with Crippen LogP contribution in [-0.2, 0) is 10.0 Å². The largest absolute Gasteiger partial charge is 0.266 e. The van der Waals surface area contributed by atoms with Gasteiger partial charge in [-0.3, -0.25) is 4.72 Å². The summed E-state index contributed by atoms with van der Waals surface area (Å²) in [7, 11) is -3.95. The number of sulfonamides is 1. The van der Waals surface area contributed by atoms with Crippen LogP contribution in [0.2, 0.25) is 0 Å². The second kappa shape index (κ2) is 4.94. The SMILES string of the molecule is Cc1cnc(NS(=O)(=O)c2ccc(Br)cc2F)s1. The molecule has 0 spiro atoms. The average Bonchev–Trinajstić information content (AvgIpc) is 2.62. The van der Waals surface area contributed by atoms with E-state index < -0.39 is 20.7 Å². The van der Waals surface area contributed by atoms with E-state index in [4.69, 9.17) is 0 Å². The van der Waals surface area contributed by atoms with Crippen molar-refractivity contribution in [2.24, 2.45) is 0 Å². The van der Waals surface area contributed by atoms with Gasteiger partial charge in [0.05, 0.1) is 0 Å². The summed E-state index contributed by atoms with van der Waals surface area (Å²) in [6, 6.07) is 3.76. The number of rotatable bonds is 3. The molecule has 0 bridgehead atoms. The van der Waals surface area contributed by atoms with Gasteiger partial charge in [0.15, 0.2) is 5.13 Å². The fourth-order valence-corrected chi connectivity index (χ4v) is 3.57. The molecule has 1 N–H and O–H groups in total. The van der Waals surface area contributed by atoms with Gasteiger partial charge in [-0.05, 0) is 25.1 Å². The lowest BCUT2D eigenvalue weighted by atomic mass is 10.3. The maximum Gasteiger partial charge on any atom is 0.266 e. The molecule has 0 saturated carbocycles. The lowest BCUT2D eigenvalue weighted by Gasteiger charge is -2.06. The summed E-state index contributed by atoms with van der Waals surface area (Å²) in [5, 5.41) is 0.217. The second-order valence-electron chi connectivity index (χ2n) is 3.46. The van der Waals surface area contributed by atoms with Gasteiger partial charge in [-0.15, -0.1) is 11.3 Å². The van der Waals surface area contributed by atoms with E-state index in [1.807, 2.05) is 0 Å². The molecule has 0 fully saturated rings. The fraction of sp³-hybridized carbons (Fsp3) is 0.100. The first kappa shape index (κ1) is 13.4. The Balaban J connectivity index is 2.36. The van der Waals surface area contributed by atoms with Crippen LogP contribution in [-0.4, -0.2) is 13.4 Å². The van der Waals surface area contributed by atoms with E-state index in [9.17, 15) is 12.8 Å². The number of halogens is 2. The summed E-state index contributed by atoms with van der Waals surface area (Å²) < 4.78 is 40.2. The van der Waals surface area contributed by atoms with Gasteiger partial charge in [0.25, 0.3) is 10.0 Å². The van der Waals surface area contributed by atoms with Gasteiger partial charge in [-0.2, -0.15) is 0 Å². The molecule has 0 aliphatic rings. The van der Waals surface area contributed by atoms with Crippen LogP contribution in [0.5, 0.6) is 0 Å². The van der Waals surface area contributed by atoms with Crippen molar-refractivity contribution in [3.63, 3.8) is 0 Å². The van der Waals surface area contributed by atoms with Crippen molar-refractivity contribution in [3.05, 3.63) is 39.6 Å². The first-order valence-corrected chi connectivity index (χ1v) is 7.88. The molecular formula is C10H8BrFN2O2S2. The smallest absolute Gasteiger partial charge is 0.255 e. The molecule has 0 unspecified atom stereocenters. The Labute approximate surface area is 116 Å². The number of nitrogens with zero attached hydrogens (tertiary/aromatic N) is 1. The normalized spacial score (nSPS) is 11.5. The highest BCUT2D eigenvalue weighted by atomic mass is 79.9. The van der Waals surface area contributed by atoms with Gasteiger partial charge >= 0.3 is 0 Å². The third-order valence-electron chi connectivity index (χ3n) is 2.03. The molecule has 1 aromatic carbocycles. The minimum atomic E-state index is -3.95. The van der Waals surface area contributed by atoms with Crippen LogP contribution in [0.1, 0.15) is 4.88 Å². The van der Waals surface area contributed by atoms with E-state index in [-0.39, 0.29) is 5.13 Å². The first-order valence-electron chi connectivity index (χ1n) is 4.79. The zero-order chi connectivity index (χ0) is 13.3. The molecule has 0 radical (unpaired) electrons. The molecule has 0 amide bonds. The number of benzene rings is 1. The molecule has 0 saturated heterocycles. The van der Waals surface area contributed by atoms with Crippen LogP contribution in [0.3, 0.4) is 0 Å². The van der Waals surface area contributed by atoms with Gasteiger partial charge < -0.3 is 0 Å². The van der Waals surface area contributed by atoms with E-state index in [1.165, 1.54) is 23.5 Å². The first-order chi connectivity index (χ1) is 8.38. The van der Waals surface area contributed by atoms with Crippen molar-refractivity contribution >= 4 is 42.4 Å². The monoisotopic (exact) mass is 350 g/mol. The molecule has 4 nitrogen and oxygen atoms in total. The minimum Gasteiger partial charge on any atom is -0.255 e. The predicted octanol–water partition coefficient (Wildman–Crippen LogP) is 3.15. The summed E-state index contributed by atoms with van der Waals surface area (Å²) >= 11 is 4.25. The third-order valence-corrected chi connectivity index (χ3v) is 4.85. The summed E-state index contributed by atoms with van der Waals surface area (Å²) in [6.07, 6.45) is 1.54. The second-order valence-corrected chi connectivity index (χ2v) is 7.26. The number of aromatic nitrogens is 1. The van der Waals surface area contributed by atoms with Gasteiger partial charge in [0.2, 0.25) is 0 Å². The molecule has 1 aromatic heterocycles. The van der Waals surface area contributed by atoms with Crippen LogP contribution >= 0.6 is 27.3 Å². The number of hydrogen-bond acceptors (Lipinski definition) is 4. The van der Waals surface area contributed by atoms with E-state index in [0.29, 0.717) is 4.47 Å². The number of thiazole rings is 1. The maximum atomic E-state index is 13.6. The highest BCUT2D eigenvalue weighted by molar-refractivity contribution is 9.10. The topological polar surface area (TPSA) is 59.1 Å². The van der Waals surface area contributed by atoms with Gasteiger partial charge in [-0.1, -0.05) is 15.9 Å². The molecule has 0 aliphatic heterocycles. The summed E-state index contributed by atoms with van der Waals surface area (Å²) in [6.45, 7) is 1.80. The predicted molar refractivity (Wildman–Crippen MR) is 71.8 cm³/mol. The Morgan fingerprint density at radius 3 is 2.72 bits per heavy atom. The van der Waals surface area contributed by atoms with Crippen molar-refractivity contribution in [3.8, 4) is 0 Å². The average molecular weight is 351 g/mol. The van der Waals surface area contributed by atoms with Gasteiger partial charge in [0.1, 0.15) is 10.7 Å². The zero-order valence-corrected chi connectivity index (χ0v) is 12.4. The molecule has 2 aromatic rings. The van der Waals surface area contributed by atoms with Crippen LogP contribution in [0.15, 0.2) is 33.8 Å². The number of hydrogen-bond donors (Lipinski definition) is 1. The molecule has 2 rings (SSSR count). The van der Waals surface area contributed by atoms with E-state index in [0.717, 1.165) is 10.9 Å². The van der Waals surface area contributed by atoms with Crippen molar-refractivity contribution in [1.29, 1.82) is 0 Å². The number of aryl methyl sites for hydroxylation is 1. The Kier molecular flexibility index (Phi) is 3.69. The summed E-state index contributed by atoms with van der Waals surface area (Å²) in [5.74, 6) is -0.815. The Morgan fingerprint density at radius 1 is 1.44 bits per heavy atom. The van der Waals surface area contributed by atoms with Crippen molar-refractivity contribution in [1.82, 2.24) is 4.98 Å². The number of nitrogens with one attached hydrogen (secondary N) is 1. The Morgan fingerprint density at radius 2 is 2.17 bits per heavy atom. The standard InChI is InChI=1S/C10H8BrFN2O2S2/c1-6-5-13-10(17-6)14-18(15,16)9-3-2-7(11)4-8(9)12/h2-5H,1H3,(H,13,14). The van der Waals surface area contributed by atoms with Gasteiger partial charge in [-0.25, -0.2) is 17.8 Å². The van der Waals surface area contributed by atoms with Gasteiger partial charge in [0, 0.05) is 15.5 Å². The molecule has 8 heteroatoms. The molecule has 0 aliphatic carbocycles. The molecule has 96 valence electrons. The lowest BCUT2D eigenvalue weighted by molar-refractivity contribution is 0.570. The summed E-state index contributed by atoms with van der Waals surface area (Å²) in [5.41, 5.74) is 0. The van der Waals surface area contributed by atoms with E-state index in [2.05, 4.69) is 25.6 Å². The zero-order valence-electron chi connectivity index (χ0n) is 9.15. The quantitative estimate of drug-likeness (QED) is 0.924. The van der Waals surface area contributed by atoms with Crippen molar-refractivity contribution in [2.45, 2.75) is 11.8 Å². The third kappa shape index (κ3) is 2.88. The van der Waals surface area contributed by atoms with Crippen LogP contribution in [0.4, 0.5) is 9.52 Å². The Hall–Kier alpha value is -0.990. The molecule has 18 heavy (non-hydrogen) atoms. The van der Waals surface area contributed by atoms with E-state index in [1.54, 1.807) is 13.1 Å². The highest BCUT2D eigenvalue weighted by Gasteiger charge is 2.20.